The van der Waals surface area contributed by atoms with Crippen LogP contribution in [0.3, 0.4) is 0 Å². The molecule has 3 aromatic rings. The summed E-state index contributed by atoms with van der Waals surface area (Å²) in [6.07, 6.45) is 1.93. The van der Waals surface area contributed by atoms with Gasteiger partial charge in [0.2, 0.25) is 0 Å². The number of thiazole rings is 1. The predicted octanol–water partition coefficient (Wildman–Crippen LogP) is 3.91. The summed E-state index contributed by atoms with van der Waals surface area (Å²) in [7, 11) is 0. The SMILES string of the molecule is CCn1ccc(Nc2nc3cccc(Cl)c3s2)n1. The number of aromatic nitrogens is 3. The van der Waals surface area contributed by atoms with Gasteiger partial charge in [-0.1, -0.05) is 29.0 Å². The molecule has 3 rings (SSSR count). The Morgan fingerprint density at radius 3 is 3.00 bits per heavy atom. The van der Waals surface area contributed by atoms with Crippen molar-refractivity contribution in [3.8, 4) is 0 Å². The summed E-state index contributed by atoms with van der Waals surface area (Å²) < 4.78 is 2.86. The van der Waals surface area contributed by atoms with Crippen molar-refractivity contribution in [3.05, 3.63) is 35.5 Å². The third kappa shape index (κ3) is 2.07. The maximum Gasteiger partial charge on any atom is 0.189 e. The van der Waals surface area contributed by atoms with Gasteiger partial charge in [-0.2, -0.15) is 5.10 Å². The summed E-state index contributed by atoms with van der Waals surface area (Å²) in [4.78, 5) is 4.48. The van der Waals surface area contributed by atoms with E-state index in [0.717, 1.165) is 32.7 Å². The van der Waals surface area contributed by atoms with Gasteiger partial charge in [-0.15, -0.1) is 0 Å². The van der Waals surface area contributed by atoms with Crippen molar-refractivity contribution in [1.29, 1.82) is 0 Å². The van der Waals surface area contributed by atoms with Gasteiger partial charge < -0.3 is 5.32 Å². The number of hydrogen-bond acceptors (Lipinski definition) is 4. The van der Waals surface area contributed by atoms with Crippen LogP contribution in [0.1, 0.15) is 6.92 Å². The second-order valence-electron chi connectivity index (χ2n) is 3.79. The van der Waals surface area contributed by atoms with Crippen molar-refractivity contribution in [2.24, 2.45) is 0 Å². The molecule has 0 unspecified atom stereocenters. The van der Waals surface area contributed by atoms with Crippen LogP contribution in [0, 0.1) is 0 Å². The highest BCUT2D eigenvalue weighted by atomic mass is 35.5. The summed E-state index contributed by atoms with van der Waals surface area (Å²) in [6, 6.07) is 7.66. The zero-order chi connectivity index (χ0) is 12.5. The largest absolute Gasteiger partial charge is 0.315 e. The topological polar surface area (TPSA) is 42.7 Å². The lowest BCUT2D eigenvalue weighted by atomic mass is 10.3. The second kappa shape index (κ2) is 4.59. The van der Waals surface area contributed by atoms with Crippen LogP contribution in [0.25, 0.3) is 10.2 Å². The molecule has 1 aromatic carbocycles. The van der Waals surface area contributed by atoms with E-state index in [4.69, 9.17) is 11.6 Å². The smallest absolute Gasteiger partial charge is 0.189 e. The van der Waals surface area contributed by atoms with E-state index >= 15 is 0 Å². The molecule has 0 bridgehead atoms. The molecule has 0 aliphatic carbocycles. The van der Waals surface area contributed by atoms with Crippen molar-refractivity contribution < 1.29 is 0 Å². The summed E-state index contributed by atoms with van der Waals surface area (Å²) in [5.74, 6) is 0.798. The van der Waals surface area contributed by atoms with Crippen molar-refractivity contribution in [1.82, 2.24) is 14.8 Å². The molecule has 1 N–H and O–H groups in total. The summed E-state index contributed by atoms with van der Waals surface area (Å²) >= 11 is 7.65. The van der Waals surface area contributed by atoms with Gasteiger partial charge in [-0.25, -0.2) is 4.98 Å². The molecule has 92 valence electrons. The van der Waals surface area contributed by atoms with Crippen molar-refractivity contribution in [2.75, 3.05) is 5.32 Å². The van der Waals surface area contributed by atoms with E-state index in [0.29, 0.717) is 0 Å². The normalized spacial score (nSPS) is 11.0. The van der Waals surface area contributed by atoms with E-state index in [9.17, 15) is 0 Å². The molecule has 18 heavy (non-hydrogen) atoms. The lowest BCUT2D eigenvalue weighted by molar-refractivity contribution is 0.662. The van der Waals surface area contributed by atoms with E-state index < -0.39 is 0 Å². The van der Waals surface area contributed by atoms with Gasteiger partial charge in [0.1, 0.15) is 0 Å². The second-order valence-corrected chi connectivity index (χ2v) is 5.20. The number of hydrogen-bond donors (Lipinski definition) is 1. The maximum absolute atomic E-state index is 6.12. The standard InChI is InChI=1S/C12H11ClN4S/c1-2-17-7-6-10(16-17)15-12-14-9-5-3-4-8(13)11(9)18-12/h3-7H,2H2,1H3,(H,14,15,16). The molecule has 2 aromatic heterocycles. The lowest BCUT2D eigenvalue weighted by Gasteiger charge is -1.96. The Balaban J connectivity index is 1.93. The minimum absolute atomic E-state index is 0.733. The fourth-order valence-corrected chi connectivity index (χ4v) is 2.84. The number of aryl methyl sites for hydroxylation is 1. The van der Waals surface area contributed by atoms with E-state index in [1.165, 1.54) is 11.3 Å². The molecule has 0 atom stereocenters. The zero-order valence-electron chi connectivity index (χ0n) is 9.72. The van der Waals surface area contributed by atoms with Crippen LogP contribution in [-0.4, -0.2) is 14.8 Å². The van der Waals surface area contributed by atoms with E-state index in [2.05, 4.69) is 15.4 Å². The molecule has 0 aliphatic heterocycles. The van der Waals surface area contributed by atoms with Crippen LogP contribution in [0.5, 0.6) is 0 Å². The Bertz CT molecular complexity index is 688. The number of nitrogens with zero attached hydrogens (tertiary/aromatic N) is 3. The van der Waals surface area contributed by atoms with Gasteiger partial charge in [0.05, 0.1) is 15.2 Å². The number of anilines is 2. The molecule has 0 saturated heterocycles. The molecule has 0 aliphatic rings. The number of nitrogens with one attached hydrogen (secondary N) is 1. The highest BCUT2D eigenvalue weighted by Crippen LogP contribution is 2.32. The van der Waals surface area contributed by atoms with Crippen LogP contribution in [0.4, 0.5) is 10.9 Å². The lowest BCUT2D eigenvalue weighted by Crippen LogP contribution is -1.96. The maximum atomic E-state index is 6.12. The molecule has 0 fully saturated rings. The minimum atomic E-state index is 0.733. The number of fused-ring (bicyclic) bond motifs is 1. The summed E-state index contributed by atoms with van der Waals surface area (Å²) in [6.45, 7) is 2.90. The van der Waals surface area contributed by atoms with Crippen LogP contribution in [-0.2, 0) is 6.54 Å². The fraction of sp³-hybridized carbons (Fsp3) is 0.167. The third-order valence-electron chi connectivity index (χ3n) is 2.57. The van der Waals surface area contributed by atoms with Crippen LogP contribution < -0.4 is 5.32 Å². The van der Waals surface area contributed by atoms with Gasteiger partial charge in [0.15, 0.2) is 10.9 Å². The Morgan fingerprint density at radius 1 is 1.39 bits per heavy atom. The van der Waals surface area contributed by atoms with Crippen LogP contribution in [0.15, 0.2) is 30.5 Å². The molecular weight excluding hydrogens is 268 g/mol. The predicted molar refractivity (Wildman–Crippen MR) is 75.8 cm³/mol. The monoisotopic (exact) mass is 278 g/mol. The Morgan fingerprint density at radius 2 is 2.28 bits per heavy atom. The highest BCUT2D eigenvalue weighted by Gasteiger charge is 2.07. The third-order valence-corrected chi connectivity index (χ3v) is 4.01. The molecule has 2 heterocycles. The molecule has 0 radical (unpaired) electrons. The summed E-state index contributed by atoms with van der Waals surface area (Å²) in [5, 5.41) is 9.09. The summed E-state index contributed by atoms with van der Waals surface area (Å²) in [5.41, 5.74) is 0.907. The zero-order valence-corrected chi connectivity index (χ0v) is 11.3. The number of halogens is 1. The van der Waals surface area contributed by atoms with E-state index in [1.807, 2.05) is 42.1 Å². The van der Waals surface area contributed by atoms with Crippen LogP contribution >= 0.6 is 22.9 Å². The molecule has 0 saturated carbocycles. The first-order valence-corrected chi connectivity index (χ1v) is 6.81. The van der Waals surface area contributed by atoms with Gasteiger partial charge in [0, 0.05) is 18.8 Å². The average molecular weight is 279 g/mol. The first kappa shape index (κ1) is 11.5. The molecule has 4 nitrogen and oxygen atoms in total. The van der Waals surface area contributed by atoms with Crippen LogP contribution in [0.2, 0.25) is 5.02 Å². The quantitative estimate of drug-likeness (QED) is 0.790. The van der Waals surface area contributed by atoms with E-state index in [-0.39, 0.29) is 0 Å². The first-order valence-electron chi connectivity index (χ1n) is 5.62. The van der Waals surface area contributed by atoms with Gasteiger partial charge >= 0.3 is 0 Å². The van der Waals surface area contributed by atoms with Crippen molar-refractivity contribution in [3.63, 3.8) is 0 Å². The average Bonchev–Trinajstić information content (AvgIpc) is 2.96. The van der Waals surface area contributed by atoms with Crippen molar-refractivity contribution >= 4 is 44.1 Å². The van der Waals surface area contributed by atoms with Crippen molar-refractivity contribution in [2.45, 2.75) is 13.5 Å². The molecule has 0 amide bonds. The minimum Gasteiger partial charge on any atom is -0.315 e. The number of rotatable bonds is 3. The Hall–Kier alpha value is -1.59. The first-order chi connectivity index (χ1) is 8.76. The van der Waals surface area contributed by atoms with Gasteiger partial charge in [-0.05, 0) is 19.1 Å². The Kier molecular flexibility index (Phi) is 2.93. The van der Waals surface area contributed by atoms with Gasteiger partial charge in [0.25, 0.3) is 0 Å². The van der Waals surface area contributed by atoms with Gasteiger partial charge in [-0.3, -0.25) is 4.68 Å². The molecule has 6 heteroatoms. The Labute approximate surface area is 113 Å². The molecular formula is C12H11ClN4S. The highest BCUT2D eigenvalue weighted by molar-refractivity contribution is 7.22. The molecule has 0 spiro atoms. The number of benzene rings is 1. The fourth-order valence-electron chi connectivity index (χ4n) is 1.68. The van der Waals surface area contributed by atoms with E-state index in [1.54, 1.807) is 0 Å².